The molecule has 5 heteroatoms. The van der Waals surface area contributed by atoms with Gasteiger partial charge in [0.25, 0.3) is 5.91 Å². The van der Waals surface area contributed by atoms with E-state index in [1.54, 1.807) is 11.8 Å². The van der Waals surface area contributed by atoms with Crippen molar-refractivity contribution in [1.82, 2.24) is 4.90 Å². The van der Waals surface area contributed by atoms with Crippen LogP contribution in [0.15, 0.2) is 24.3 Å². The Kier molecular flexibility index (Phi) is 6.09. The minimum absolute atomic E-state index is 0.0387. The number of methoxy groups -OCH3 is 1. The van der Waals surface area contributed by atoms with Crippen LogP contribution in [0.4, 0.5) is 0 Å². The third-order valence-electron chi connectivity index (χ3n) is 4.72. The van der Waals surface area contributed by atoms with Crippen LogP contribution < -0.4 is 4.74 Å². The average molecular weight is 347 g/mol. The van der Waals surface area contributed by atoms with Crippen molar-refractivity contribution in [2.24, 2.45) is 5.92 Å². The van der Waals surface area contributed by atoms with Crippen molar-refractivity contribution in [3.8, 4) is 5.75 Å². The smallest absolute Gasteiger partial charge is 0.308 e. The Hall–Kier alpha value is -2.04. The SMILES string of the molecule is COC(=O)C1CCN(C(=O)[C@@H](C)Oc2ccc(C(C)(C)C)cc2)CC1. The van der Waals surface area contributed by atoms with Crippen LogP contribution in [0.3, 0.4) is 0 Å². The lowest BCUT2D eigenvalue weighted by molar-refractivity contribution is -0.150. The number of rotatable bonds is 4. The average Bonchev–Trinajstić information content (AvgIpc) is 2.60. The standard InChI is InChI=1S/C20H29NO4/c1-14(25-17-8-6-16(7-9-17)20(2,3)4)18(22)21-12-10-15(11-13-21)19(23)24-5/h6-9,14-15H,10-13H2,1-5H3/t14-/m1/s1. The van der Waals surface area contributed by atoms with Gasteiger partial charge in [-0.2, -0.15) is 0 Å². The van der Waals surface area contributed by atoms with E-state index in [1.165, 1.54) is 12.7 Å². The van der Waals surface area contributed by atoms with Crippen LogP contribution in [0.5, 0.6) is 5.75 Å². The van der Waals surface area contributed by atoms with Gasteiger partial charge < -0.3 is 14.4 Å². The first-order valence-electron chi connectivity index (χ1n) is 8.86. The first kappa shape index (κ1) is 19.3. The molecule has 0 radical (unpaired) electrons. The van der Waals surface area contributed by atoms with Gasteiger partial charge in [0, 0.05) is 13.1 Å². The molecule has 1 aliphatic heterocycles. The number of esters is 1. The van der Waals surface area contributed by atoms with E-state index in [1.807, 2.05) is 24.3 Å². The number of carbonyl (C=O) groups is 2. The van der Waals surface area contributed by atoms with Crippen molar-refractivity contribution in [2.75, 3.05) is 20.2 Å². The van der Waals surface area contributed by atoms with Gasteiger partial charge in [-0.25, -0.2) is 0 Å². The third-order valence-corrected chi connectivity index (χ3v) is 4.72. The van der Waals surface area contributed by atoms with Gasteiger partial charge in [-0.05, 0) is 42.9 Å². The fourth-order valence-corrected chi connectivity index (χ4v) is 3.05. The fraction of sp³-hybridized carbons (Fsp3) is 0.600. The van der Waals surface area contributed by atoms with E-state index in [4.69, 9.17) is 9.47 Å². The molecule has 1 heterocycles. The normalized spacial score (nSPS) is 17.1. The molecule has 138 valence electrons. The monoisotopic (exact) mass is 347 g/mol. The Morgan fingerprint density at radius 3 is 2.16 bits per heavy atom. The number of piperidine rings is 1. The Bertz CT molecular complexity index is 595. The Morgan fingerprint density at radius 1 is 1.12 bits per heavy atom. The molecule has 1 fully saturated rings. The van der Waals surface area contributed by atoms with Gasteiger partial charge in [0.2, 0.25) is 0 Å². The van der Waals surface area contributed by atoms with Crippen LogP contribution in [-0.4, -0.2) is 43.1 Å². The number of amides is 1. The summed E-state index contributed by atoms with van der Waals surface area (Å²) in [6, 6.07) is 7.89. The summed E-state index contributed by atoms with van der Waals surface area (Å²) < 4.78 is 10.6. The second-order valence-corrected chi connectivity index (χ2v) is 7.66. The molecule has 1 saturated heterocycles. The Balaban J connectivity index is 1.89. The summed E-state index contributed by atoms with van der Waals surface area (Å²) in [5, 5.41) is 0. The summed E-state index contributed by atoms with van der Waals surface area (Å²) in [7, 11) is 1.40. The van der Waals surface area contributed by atoms with Crippen LogP contribution in [0.25, 0.3) is 0 Å². The van der Waals surface area contributed by atoms with Crippen molar-refractivity contribution in [2.45, 2.75) is 52.1 Å². The van der Waals surface area contributed by atoms with Crippen LogP contribution in [-0.2, 0) is 19.7 Å². The molecule has 0 aliphatic carbocycles. The predicted molar refractivity (Wildman–Crippen MR) is 96.6 cm³/mol. The van der Waals surface area contributed by atoms with Gasteiger partial charge in [0.05, 0.1) is 13.0 Å². The maximum atomic E-state index is 12.6. The molecular weight excluding hydrogens is 318 g/mol. The lowest BCUT2D eigenvalue weighted by atomic mass is 9.87. The van der Waals surface area contributed by atoms with E-state index in [2.05, 4.69) is 20.8 Å². The number of benzene rings is 1. The molecule has 0 unspecified atom stereocenters. The van der Waals surface area contributed by atoms with E-state index in [0.717, 1.165) is 0 Å². The van der Waals surface area contributed by atoms with Crippen molar-refractivity contribution >= 4 is 11.9 Å². The molecule has 1 aliphatic rings. The topological polar surface area (TPSA) is 55.8 Å². The second kappa shape index (κ2) is 7.89. The van der Waals surface area contributed by atoms with Crippen LogP contribution in [0, 0.1) is 5.92 Å². The number of likely N-dealkylation sites (tertiary alicyclic amines) is 1. The molecule has 0 saturated carbocycles. The summed E-state index contributed by atoms with van der Waals surface area (Å²) in [5.74, 6) is 0.368. The van der Waals surface area contributed by atoms with Crippen LogP contribution in [0.2, 0.25) is 0 Å². The van der Waals surface area contributed by atoms with Gasteiger partial charge in [0.15, 0.2) is 6.10 Å². The van der Waals surface area contributed by atoms with Gasteiger partial charge in [-0.15, -0.1) is 0 Å². The highest BCUT2D eigenvalue weighted by atomic mass is 16.5. The summed E-state index contributed by atoms with van der Waals surface area (Å²) in [5.41, 5.74) is 1.31. The zero-order chi connectivity index (χ0) is 18.6. The molecule has 1 atom stereocenters. The van der Waals surface area contributed by atoms with Crippen LogP contribution >= 0.6 is 0 Å². The highest BCUT2D eigenvalue weighted by Crippen LogP contribution is 2.25. The maximum Gasteiger partial charge on any atom is 0.308 e. The zero-order valence-corrected chi connectivity index (χ0v) is 15.9. The largest absolute Gasteiger partial charge is 0.481 e. The number of hydrogen-bond donors (Lipinski definition) is 0. The molecule has 0 aromatic heterocycles. The summed E-state index contributed by atoms with van der Waals surface area (Å²) in [4.78, 5) is 25.9. The molecule has 0 bridgehead atoms. The molecule has 1 aromatic carbocycles. The highest BCUT2D eigenvalue weighted by Gasteiger charge is 2.30. The molecule has 0 N–H and O–H groups in total. The molecular formula is C20H29NO4. The minimum Gasteiger partial charge on any atom is -0.481 e. The van der Waals surface area contributed by atoms with Gasteiger partial charge in [0.1, 0.15) is 5.75 Å². The molecule has 0 spiro atoms. The molecule has 5 nitrogen and oxygen atoms in total. The minimum atomic E-state index is -0.546. The lowest BCUT2D eigenvalue weighted by Crippen LogP contribution is -2.45. The van der Waals surface area contributed by atoms with E-state index >= 15 is 0 Å². The zero-order valence-electron chi connectivity index (χ0n) is 15.9. The first-order valence-corrected chi connectivity index (χ1v) is 8.86. The lowest BCUT2D eigenvalue weighted by Gasteiger charge is -2.32. The third kappa shape index (κ3) is 4.97. The van der Waals surface area contributed by atoms with Crippen molar-refractivity contribution < 1.29 is 19.1 Å². The molecule has 1 amide bonds. The van der Waals surface area contributed by atoms with Crippen LogP contribution in [0.1, 0.15) is 46.1 Å². The van der Waals surface area contributed by atoms with E-state index < -0.39 is 6.10 Å². The predicted octanol–water partition coefficient (Wildman–Crippen LogP) is 3.16. The molecule has 25 heavy (non-hydrogen) atoms. The maximum absolute atomic E-state index is 12.6. The Morgan fingerprint density at radius 2 is 1.68 bits per heavy atom. The number of ether oxygens (including phenoxy) is 2. The van der Waals surface area contributed by atoms with Gasteiger partial charge in [-0.1, -0.05) is 32.9 Å². The number of hydrogen-bond acceptors (Lipinski definition) is 4. The van der Waals surface area contributed by atoms with Crippen molar-refractivity contribution in [3.05, 3.63) is 29.8 Å². The van der Waals surface area contributed by atoms with Gasteiger partial charge >= 0.3 is 5.97 Å². The Labute approximate surface area is 150 Å². The summed E-state index contributed by atoms with van der Waals surface area (Å²) in [6.07, 6.45) is 0.742. The number of nitrogens with zero attached hydrogens (tertiary/aromatic N) is 1. The van der Waals surface area contributed by atoms with Crippen molar-refractivity contribution in [1.29, 1.82) is 0 Å². The molecule has 1 aromatic rings. The van der Waals surface area contributed by atoms with Gasteiger partial charge in [-0.3, -0.25) is 9.59 Å². The quantitative estimate of drug-likeness (QED) is 0.785. The summed E-state index contributed by atoms with van der Waals surface area (Å²) >= 11 is 0. The highest BCUT2D eigenvalue weighted by molar-refractivity contribution is 5.81. The van der Waals surface area contributed by atoms with Crippen molar-refractivity contribution in [3.63, 3.8) is 0 Å². The van der Waals surface area contributed by atoms with E-state index in [9.17, 15) is 9.59 Å². The number of carbonyl (C=O) groups excluding carboxylic acids is 2. The first-order chi connectivity index (χ1) is 11.7. The molecule has 2 rings (SSSR count). The van der Waals surface area contributed by atoms with E-state index in [-0.39, 0.29) is 23.2 Å². The summed E-state index contributed by atoms with van der Waals surface area (Å²) in [6.45, 7) is 9.38. The fourth-order valence-electron chi connectivity index (χ4n) is 3.05. The van der Waals surface area contributed by atoms with E-state index in [0.29, 0.717) is 31.7 Å². The second-order valence-electron chi connectivity index (χ2n) is 7.66.